The number of ether oxygens (including phenoxy) is 2. The first-order valence-electron chi connectivity index (χ1n) is 42.4. The zero-order valence-corrected chi connectivity index (χ0v) is 74.6. The lowest BCUT2D eigenvalue weighted by Gasteiger charge is -2.56. The average Bonchev–Trinajstić information content (AvgIpc) is 0.760. The van der Waals surface area contributed by atoms with Gasteiger partial charge in [0, 0.05) is 56.5 Å². The molecule has 638 valence electrons. The van der Waals surface area contributed by atoms with Crippen molar-refractivity contribution in [2.24, 2.45) is 83.7 Å². The van der Waals surface area contributed by atoms with Crippen molar-refractivity contribution in [3.05, 3.63) is 11.5 Å². The maximum atomic E-state index is 13.5. The predicted molar refractivity (Wildman–Crippen MR) is 435 cm³/mol. The third kappa shape index (κ3) is 22.9. The highest BCUT2D eigenvalue weighted by Gasteiger charge is 2.58. The van der Waals surface area contributed by atoms with Crippen molar-refractivity contribution in [1.82, 2.24) is 0 Å². The van der Waals surface area contributed by atoms with Crippen molar-refractivity contribution in [1.29, 1.82) is 0 Å². The van der Waals surface area contributed by atoms with E-state index in [1.807, 2.05) is 6.08 Å². The molecule has 19 rings (SSSR count). The molecule has 0 aromatic heterocycles. The highest BCUT2D eigenvalue weighted by molar-refractivity contribution is 7.97. The van der Waals surface area contributed by atoms with E-state index in [4.69, 9.17) is 30.1 Å². The molecule has 0 spiro atoms. The summed E-state index contributed by atoms with van der Waals surface area (Å²) in [5.74, 6) is 6.93. The molecule has 19 aliphatic rings. The number of halogens is 1. The number of esters is 2. The normalized spacial score (nSPS) is 36.1. The van der Waals surface area contributed by atoms with Crippen molar-refractivity contribution in [2.45, 2.75) is 306 Å². The Labute approximate surface area is 672 Å². The van der Waals surface area contributed by atoms with E-state index in [0.717, 1.165) is 248 Å². The van der Waals surface area contributed by atoms with E-state index in [0.29, 0.717) is 34.7 Å². The quantitative estimate of drug-likeness (QED) is 0.0279. The summed E-state index contributed by atoms with van der Waals surface area (Å²) in [5, 5.41) is 1.20. The third-order valence-corrected chi connectivity index (χ3v) is 43.4. The Morgan fingerprint density at radius 2 is 0.730 bits per heavy atom. The molecular formula is C83H138ClO21PS5. The van der Waals surface area contributed by atoms with Gasteiger partial charge in [-0.25, -0.2) is 42.1 Å². The fourth-order valence-electron chi connectivity index (χ4n) is 22.6. The highest BCUT2D eigenvalue weighted by Crippen LogP contribution is 2.65. The molecule has 21 nitrogen and oxygen atoms in total. The van der Waals surface area contributed by atoms with Gasteiger partial charge in [-0.3, -0.25) is 28.5 Å². The van der Waals surface area contributed by atoms with Crippen LogP contribution in [0.4, 0.5) is 0 Å². The van der Waals surface area contributed by atoms with E-state index >= 15 is 0 Å². The van der Waals surface area contributed by atoms with E-state index in [-0.39, 0.29) is 113 Å². The topological polar surface area (TPSA) is 327 Å². The van der Waals surface area contributed by atoms with E-state index < -0.39 is 62.3 Å². The Kier molecular flexibility index (Phi) is 31.7. The molecule has 0 radical (unpaired) electrons. The fourth-order valence-corrected chi connectivity index (χ4v) is 30.8. The zero-order chi connectivity index (χ0) is 82.1. The van der Waals surface area contributed by atoms with Crippen molar-refractivity contribution in [2.75, 3.05) is 79.0 Å². The SMILES string of the molecule is CCOP(=O)(CS(=O)(=O)CC)OCC.CCS(=O)(=O)/C=C/C12CCC(C(=O)OC)(CC1)CC2.CCS(=O)(=O)CCC12CCC(C(=O)CC3C4CC5CC(C4)CC3C5)(CC1)CC2.CCS(=O)(=O)CCC12CCC(C(=O)Cl)(CC1)CC2.CCS(=O)(=O)CCC12CCC(C(C)=O)(CC1)CC2.COC(=O)C12CCC(C=O)(CC1)CC2. The van der Waals surface area contributed by atoms with Gasteiger partial charge in [-0.1, -0.05) is 40.7 Å². The summed E-state index contributed by atoms with van der Waals surface area (Å²) in [7, 11) is -15.5. The number of hydrogen-bond donors (Lipinski definition) is 0. The van der Waals surface area contributed by atoms with Crippen molar-refractivity contribution < 1.29 is 93.9 Å². The maximum Gasteiger partial charge on any atom is 0.345 e. The monoisotopic (exact) mass is 1700 g/mol. The van der Waals surface area contributed by atoms with Crippen LogP contribution in [0.3, 0.4) is 0 Å². The molecule has 0 unspecified atom stereocenters. The summed E-state index contributed by atoms with van der Waals surface area (Å²) in [6, 6.07) is 0. The molecule has 0 amide bonds. The minimum Gasteiger partial charge on any atom is -0.469 e. The van der Waals surface area contributed by atoms with Gasteiger partial charge in [0.25, 0.3) is 0 Å². The summed E-state index contributed by atoms with van der Waals surface area (Å²) in [5.41, 5.74) is -0.972. The number of ketones is 2. The molecule has 0 saturated heterocycles. The number of fused-ring (bicyclic) bond motifs is 15. The molecule has 19 saturated carbocycles. The number of carbonyl (C=O) groups is 6. The first kappa shape index (κ1) is 94.0. The lowest BCUT2D eigenvalue weighted by atomic mass is 9.48. The predicted octanol–water partition coefficient (Wildman–Crippen LogP) is 16.6. The Hall–Kier alpha value is -2.45. The number of allylic oxidation sites excluding steroid dienone is 1. The first-order chi connectivity index (χ1) is 51.9. The number of hydrogen-bond acceptors (Lipinski definition) is 21. The molecular weight excluding hydrogens is 1560 g/mol. The van der Waals surface area contributed by atoms with Crippen LogP contribution in [-0.2, 0) is 101 Å². The average molecular weight is 1700 g/mol. The molecule has 19 fully saturated rings. The molecule has 0 aliphatic heterocycles. The Morgan fingerprint density at radius 3 is 1.02 bits per heavy atom. The minimum atomic E-state index is -3.45. The van der Waals surface area contributed by atoms with Crippen LogP contribution >= 0.6 is 19.2 Å². The largest absolute Gasteiger partial charge is 0.469 e. The van der Waals surface area contributed by atoms with Gasteiger partial charge in [-0.15, -0.1) is 0 Å². The second kappa shape index (κ2) is 37.5. The van der Waals surface area contributed by atoms with E-state index in [2.05, 4.69) is 0 Å². The number of aldehydes is 1. The number of carbonyl (C=O) groups excluding carboxylic acids is 6. The van der Waals surface area contributed by atoms with Crippen LogP contribution in [0.15, 0.2) is 11.5 Å². The number of methoxy groups -OCH3 is 2. The van der Waals surface area contributed by atoms with Gasteiger partial charge in [0.15, 0.2) is 25.2 Å². The van der Waals surface area contributed by atoms with E-state index in [1.165, 1.54) is 58.7 Å². The lowest BCUT2D eigenvalue weighted by molar-refractivity contribution is -0.163. The standard InChI is InChI=1S/C24H38O3S.C14H22O4S.C14H24O3S.C13H21ClO3S.C11H16O3.C7H17O5PS/c1-2-28(26,27)10-9-23-3-6-24(7-4-23,8-5-23)22(25)16-21-19-12-17-11-18(14-19)15-20(21)13-17;1-3-19(16,17)11-10-13-4-7-14(8-5-13,9-6-13)12(15)18-2;1-3-18(16,17)11-10-13-4-7-14(8-5-13,9-6-13)12(2)15;1-2-18(16,17)10-9-12-3-6-13(7-4-12,8-5-12)11(14)15;1-14-9(13)11-5-2-10(8-12,3-6-11)4-7-11;1-4-11-13(8,12-5-2)7-14(9,10)6-3/h17-21H,2-16H2,1H3;10-11H,3-9H2,1-2H3;3-11H2,1-2H3;2-10H2,1H3;8H,2-7H2,1H3;4-7H2,1-3H3/b;11-10+;;;;. The third-order valence-electron chi connectivity index (χ3n) is 31.5. The molecule has 0 atom stereocenters. The number of Topliss-reactive ketones (excluding diaryl/α,β-unsaturated/α-hetero) is 2. The van der Waals surface area contributed by atoms with Crippen LogP contribution < -0.4 is 0 Å². The number of sulfone groups is 5. The molecule has 0 aromatic carbocycles. The van der Waals surface area contributed by atoms with Gasteiger partial charge >= 0.3 is 19.5 Å². The summed E-state index contributed by atoms with van der Waals surface area (Å²) in [4.78, 5) is 71.3. The van der Waals surface area contributed by atoms with Crippen LogP contribution in [0.2, 0.25) is 0 Å². The molecule has 19 aliphatic carbocycles. The first-order valence-corrected chi connectivity index (χ1v) is 53.5. The van der Waals surface area contributed by atoms with Crippen molar-refractivity contribution in [3.63, 3.8) is 0 Å². The van der Waals surface area contributed by atoms with Gasteiger partial charge in [-0.05, 0) is 328 Å². The van der Waals surface area contributed by atoms with Gasteiger partial charge in [-0.2, -0.15) is 0 Å². The smallest absolute Gasteiger partial charge is 0.345 e. The second-order valence-electron chi connectivity index (χ2n) is 37.1. The zero-order valence-electron chi connectivity index (χ0n) is 68.9. The van der Waals surface area contributed by atoms with E-state index in [9.17, 15) is 75.4 Å². The summed E-state index contributed by atoms with van der Waals surface area (Å²) in [6.07, 6.45) is 41.4. The van der Waals surface area contributed by atoms with Gasteiger partial charge in [0.1, 0.15) is 47.4 Å². The summed E-state index contributed by atoms with van der Waals surface area (Å²) < 4.78 is 147. The van der Waals surface area contributed by atoms with Crippen LogP contribution in [0.25, 0.3) is 0 Å². The molecule has 0 aromatic rings. The summed E-state index contributed by atoms with van der Waals surface area (Å²) >= 11 is 5.72. The minimum absolute atomic E-state index is 0.0159. The molecule has 0 N–H and O–H groups in total. The van der Waals surface area contributed by atoms with Gasteiger partial charge in [0.2, 0.25) is 5.24 Å². The maximum absolute atomic E-state index is 13.5. The molecule has 111 heavy (non-hydrogen) atoms. The number of rotatable bonds is 30. The molecule has 0 heterocycles. The van der Waals surface area contributed by atoms with Crippen LogP contribution in [0.1, 0.15) is 306 Å². The van der Waals surface area contributed by atoms with Gasteiger partial charge < -0.3 is 23.3 Å². The van der Waals surface area contributed by atoms with Crippen molar-refractivity contribution in [3.8, 4) is 0 Å². The lowest BCUT2D eigenvalue weighted by Crippen LogP contribution is -2.49. The fraction of sp³-hybridized carbons (Fsp3) is 0.904. The van der Waals surface area contributed by atoms with E-state index in [1.54, 1.807) is 48.5 Å². The second-order valence-corrected chi connectivity index (χ2v) is 51.9. The van der Waals surface area contributed by atoms with Crippen LogP contribution in [-0.4, -0.2) is 156 Å². The molecule has 28 heteroatoms. The summed E-state index contributed by atoms with van der Waals surface area (Å²) in [6.45, 7) is 13.7. The van der Waals surface area contributed by atoms with Gasteiger partial charge in [0.05, 0.1) is 61.3 Å². The molecule has 14 bridgehead atoms. The Bertz CT molecular complexity index is 3710. The Morgan fingerprint density at radius 1 is 0.414 bits per heavy atom. The van der Waals surface area contributed by atoms with Crippen LogP contribution in [0, 0.1) is 83.7 Å². The van der Waals surface area contributed by atoms with Crippen LogP contribution in [0.5, 0.6) is 0 Å². The van der Waals surface area contributed by atoms with Crippen molar-refractivity contribution >= 4 is 103 Å². The Balaban J connectivity index is 0.000000170. The highest BCUT2D eigenvalue weighted by atomic mass is 35.5.